The maximum atomic E-state index is 4.34. The number of nitrogens with one attached hydrogen (secondary N) is 2. The van der Waals surface area contributed by atoms with Crippen LogP contribution in [0.5, 0.6) is 0 Å². The molecule has 0 aliphatic carbocycles. The Bertz CT molecular complexity index is 610. The summed E-state index contributed by atoms with van der Waals surface area (Å²) < 4.78 is 0. The van der Waals surface area contributed by atoms with Gasteiger partial charge < -0.3 is 10.6 Å². The second kappa shape index (κ2) is 9.78. The van der Waals surface area contributed by atoms with E-state index in [0.717, 1.165) is 23.9 Å². The topological polar surface area (TPSA) is 49.3 Å². The summed E-state index contributed by atoms with van der Waals surface area (Å²) >= 11 is 1.70. The molecular formula is C16H23IN4S. The van der Waals surface area contributed by atoms with E-state index in [1.807, 2.05) is 6.20 Å². The van der Waals surface area contributed by atoms with Crippen molar-refractivity contribution in [1.29, 1.82) is 0 Å². The van der Waals surface area contributed by atoms with Gasteiger partial charge in [0.05, 0.1) is 6.54 Å². The zero-order valence-electron chi connectivity index (χ0n) is 13.2. The Morgan fingerprint density at radius 1 is 1.18 bits per heavy atom. The van der Waals surface area contributed by atoms with E-state index in [4.69, 9.17) is 0 Å². The number of halogens is 1. The van der Waals surface area contributed by atoms with Crippen LogP contribution in [0.15, 0.2) is 35.5 Å². The summed E-state index contributed by atoms with van der Waals surface area (Å²) in [5, 5.41) is 7.72. The lowest BCUT2D eigenvalue weighted by atomic mass is 10.1. The first-order valence-electron chi connectivity index (χ1n) is 7.15. The maximum Gasteiger partial charge on any atom is 0.191 e. The molecule has 1 aromatic heterocycles. The van der Waals surface area contributed by atoms with E-state index < -0.39 is 0 Å². The van der Waals surface area contributed by atoms with Crippen LogP contribution in [0.3, 0.4) is 0 Å². The first-order chi connectivity index (χ1) is 10.2. The Morgan fingerprint density at radius 3 is 2.45 bits per heavy atom. The van der Waals surface area contributed by atoms with Gasteiger partial charge in [0, 0.05) is 24.7 Å². The lowest BCUT2D eigenvalue weighted by molar-refractivity contribution is 0.799. The van der Waals surface area contributed by atoms with Crippen molar-refractivity contribution in [2.24, 2.45) is 4.99 Å². The van der Waals surface area contributed by atoms with Gasteiger partial charge in [-0.2, -0.15) is 0 Å². The standard InChI is InChI=1S/C16H22N4S.HI/c1-4-13-7-5-6-8-14(13)10-19-16(17-3)20-11-15-18-9-12(2)21-15;/h5-9H,4,10-11H2,1-3H3,(H2,17,19,20);1H. The molecular weight excluding hydrogens is 407 g/mol. The van der Waals surface area contributed by atoms with Crippen molar-refractivity contribution in [2.45, 2.75) is 33.4 Å². The number of thiazole rings is 1. The molecule has 0 saturated carbocycles. The third-order valence-electron chi connectivity index (χ3n) is 3.25. The van der Waals surface area contributed by atoms with Gasteiger partial charge >= 0.3 is 0 Å². The molecule has 0 spiro atoms. The molecule has 0 radical (unpaired) electrons. The molecule has 1 heterocycles. The Kier molecular flexibility index (Phi) is 8.40. The molecule has 0 amide bonds. The van der Waals surface area contributed by atoms with Crippen LogP contribution in [0, 0.1) is 6.92 Å². The second-order valence-electron chi connectivity index (χ2n) is 4.77. The van der Waals surface area contributed by atoms with Crippen molar-refractivity contribution in [1.82, 2.24) is 15.6 Å². The van der Waals surface area contributed by atoms with Gasteiger partial charge in [-0.15, -0.1) is 35.3 Å². The van der Waals surface area contributed by atoms with Crippen molar-refractivity contribution in [2.75, 3.05) is 7.05 Å². The largest absolute Gasteiger partial charge is 0.352 e. The van der Waals surface area contributed by atoms with Gasteiger partial charge in [-0.3, -0.25) is 4.99 Å². The number of aliphatic imine (C=N–C) groups is 1. The van der Waals surface area contributed by atoms with E-state index in [1.165, 1.54) is 16.0 Å². The molecule has 0 unspecified atom stereocenters. The average Bonchev–Trinajstić information content (AvgIpc) is 2.93. The van der Waals surface area contributed by atoms with Gasteiger partial charge in [0.15, 0.2) is 5.96 Å². The Hall–Kier alpha value is -1.15. The van der Waals surface area contributed by atoms with Crippen molar-refractivity contribution in [3.05, 3.63) is 51.5 Å². The van der Waals surface area contributed by atoms with Crippen molar-refractivity contribution in [3.63, 3.8) is 0 Å². The first-order valence-corrected chi connectivity index (χ1v) is 7.97. The Balaban J connectivity index is 0.00000242. The molecule has 0 aliphatic heterocycles. The monoisotopic (exact) mass is 430 g/mol. The number of hydrogen-bond donors (Lipinski definition) is 2. The van der Waals surface area contributed by atoms with Crippen LogP contribution in [0.25, 0.3) is 0 Å². The molecule has 2 aromatic rings. The minimum Gasteiger partial charge on any atom is -0.352 e. The van der Waals surface area contributed by atoms with Crippen LogP contribution in [0.1, 0.15) is 27.9 Å². The van der Waals surface area contributed by atoms with E-state index >= 15 is 0 Å². The molecule has 120 valence electrons. The maximum absolute atomic E-state index is 4.34. The van der Waals surface area contributed by atoms with Gasteiger partial charge in [0.1, 0.15) is 5.01 Å². The number of guanidine groups is 1. The van der Waals surface area contributed by atoms with Crippen LogP contribution in [0.2, 0.25) is 0 Å². The van der Waals surface area contributed by atoms with Crippen molar-refractivity contribution in [3.8, 4) is 0 Å². The number of nitrogens with zero attached hydrogens (tertiary/aromatic N) is 2. The summed E-state index contributed by atoms with van der Waals surface area (Å²) in [6.07, 6.45) is 2.94. The van der Waals surface area contributed by atoms with E-state index in [9.17, 15) is 0 Å². The normalized spacial score (nSPS) is 11.0. The van der Waals surface area contributed by atoms with E-state index in [0.29, 0.717) is 6.54 Å². The molecule has 0 atom stereocenters. The highest BCUT2D eigenvalue weighted by molar-refractivity contribution is 14.0. The summed E-state index contributed by atoms with van der Waals surface area (Å²) in [6, 6.07) is 8.49. The molecule has 2 N–H and O–H groups in total. The van der Waals surface area contributed by atoms with E-state index in [1.54, 1.807) is 18.4 Å². The minimum absolute atomic E-state index is 0. The predicted molar refractivity (Wildman–Crippen MR) is 105 cm³/mol. The van der Waals surface area contributed by atoms with E-state index in [-0.39, 0.29) is 24.0 Å². The molecule has 1 aromatic carbocycles. The number of benzene rings is 1. The van der Waals surface area contributed by atoms with E-state index in [2.05, 4.69) is 58.7 Å². The van der Waals surface area contributed by atoms with Gasteiger partial charge in [-0.05, 0) is 24.5 Å². The first kappa shape index (κ1) is 18.9. The number of aryl methyl sites for hydroxylation is 2. The van der Waals surface area contributed by atoms with Gasteiger partial charge in [-0.25, -0.2) is 4.98 Å². The fourth-order valence-corrected chi connectivity index (χ4v) is 2.84. The molecule has 0 aliphatic rings. The van der Waals surface area contributed by atoms with Crippen LogP contribution >= 0.6 is 35.3 Å². The summed E-state index contributed by atoms with van der Waals surface area (Å²) in [7, 11) is 1.79. The predicted octanol–water partition coefficient (Wildman–Crippen LogP) is 3.50. The highest BCUT2D eigenvalue weighted by Gasteiger charge is 2.03. The van der Waals surface area contributed by atoms with Crippen molar-refractivity contribution < 1.29 is 0 Å². The molecule has 0 fully saturated rings. The summed E-state index contributed by atoms with van der Waals surface area (Å²) in [4.78, 5) is 9.82. The highest BCUT2D eigenvalue weighted by atomic mass is 127. The summed E-state index contributed by atoms with van der Waals surface area (Å²) in [5.41, 5.74) is 2.68. The van der Waals surface area contributed by atoms with Gasteiger partial charge in [0.25, 0.3) is 0 Å². The third kappa shape index (κ3) is 5.57. The quantitative estimate of drug-likeness (QED) is 0.434. The molecule has 2 rings (SSSR count). The molecule has 4 nitrogen and oxygen atoms in total. The fraction of sp³-hybridized carbons (Fsp3) is 0.375. The third-order valence-corrected chi connectivity index (χ3v) is 4.16. The molecule has 0 saturated heterocycles. The number of hydrogen-bond acceptors (Lipinski definition) is 3. The van der Waals surface area contributed by atoms with Crippen LogP contribution < -0.4 is 10.6 Å². The molecule has 6 heteroatoms. The number of rotatable bonds is 5. The summed E-state index contributed by atoms with van der Waals surface area (Å²) in [6.45, 7) is 5.72. The van der Waals surface area contributed by atoms with Crippen LogP contribution in [0.4, 0.5) is 0 Å². The van der Waals surface area contributed by atoms with Crippen molar-refractivity contribution >= 4 is 41.3 Å². The van der Waals surface area contributed by atoms with Crippen LogP contribution in [-0.2, 0) is 19.5 Å². The lowest BCUT2D eigenvalue weighted by Gasteiger charge is -2.13. The van der Waals surface area contributed by atoms with Gasteiger partial charge in [-0.1, -0.05) is 31.2 Å². The fourth-order valence-electron chi connectivity index (χ4n) is 2.12. The molecule has 22 heavy (non-hydrogen) atoms. The highest BCUT2D eigenvalue weighted by Crippen LogP contribution is 2.11. The Labute approximate surface area is 153 Å². The van der Waals surface area contributed by atoms with Crippen LogP contribution in [-0.4, -0.2) is 18.0 Å². The molecule has 0 bridgehead atoms. The average molecular weight is 430 g/mol. The zero-order valence-corrected chi connectivity index (χ0v) is 16.4. The lowest BCUT2D eigenvalue weighted by Crippen LogP contribution is -2.36. The van der Waals surface area contributed by atoms with Gasteiger partial charge in [0.2, 0.25) is 0 Å². The summed E-state index contributed by atoms with van der Waals surface area (Å²) in [5.74, 6) is 0.800. The SMILES string of the molecule is CCc1ccccc1CNC(=NC)NCc1ncc(C)s1.I. The zero-order chi connectivity index (χ0) is 15.1. The number of aromatic nitrogens is 1. The smallest absolute Gasteiger partial charge is 0.191 e. The second-order valence-corrected chi connectivity index (χ2v) is 6.09. The Morgan fingerprint density at radius 2 is 1.86 bits per heavy atom. The minimum atomic E-state index is 0.